The lowest BCUT2D eigenvalue weighted by Crippen LogP contribution is -2.43. The van der Waals surface area contributed by atoms with E-state index < -0.39 is 5.97 Å². The summed E-state index contributed by atoms with van der Waals surface area (Å²) in [6, 6.07) is 6.40. The van der Waals surface area contributed by atoms with Crippen LogP contribution in [0.25, 0.3) is 0 Å². The topological polar surface area (TPSA) is 80.0 Å². The molecule has 1 N–H and O–H groups in total. The average molecular weight is 321 g/mol. The van der Waals surface area contributed by atoms with Gasteiger partial charge in [-0.3, -0.25) is 4.79 Å². The predicted octanol–water partition coefficient (Wildman–Crippen LogP) is 2.56. The van der Waals surface area contributed by atoms with Gasteiger partial charge >= 0.3 is 5.97 Å². The summed E-state index contributed by atoms with van der Waals surface area (Å²) in [5, 5.41) is 8.97. The Morgan fingerprint density at radius 2 is 2.05 bits per heavy atom. The molecule has 0 aliphatic carbocycles. The molecule has 1 saturated heterocycles. The maximum atomic E-state index is 12.7. The second kappa shape index (κ2) is 5.94. The highest BCUT2D eigenvalue weighted by Gasteiger charge is 2.32. The first-order valence-corrected chi connectivity index (χ1v) is 7.66. The molecule has 3 heterocycles. The van der Waals surface area contributed by atoms with E-state index in [0.29, 0.717) is 30.4 Å². The van der Waals surface area contributed by atoms with Gasteiger partial charge in [0, 0.05) is 6.54 Å². The number of aryl methyl sites for hydroxylation is 1. The van der Waals surface area contributed by atoms with Gasteiger partial charge in [-0.05, 0) is 31.2 Å². The van der Waals surface area contributed by atoms with Crippen LogP contribution in [0.15, 0.2) is 28.7 Å². The molecule has 0 spiro atoms. The van der Waals surface area contributed by atoms with Gasteiger partial charge in [-0.25, -0.2) is 4.79 Å². The minimum absolute atomic E-state index is 0.155. The van der Waals surface area contributed by atoms with Crippen LogP contribution >= 0.6 is 11.3 Å². The monoisotopic (exact) mass is 321 g/mol. The van der Waals surface area contributed by atoms with E-state index in [4.69, 9.17) is 14.3 Å². The Morgan fingerprint density at radius 1 is 1.27 bits per heavy atom. The standard InChI is InChI=1S/C15H15NO5S/c1-9-2-3-11(21-9)10-8-20-7-6-16(10)14(17)12-4-5-13(22-12)15(18)19/h2-5,10H,6-8H2,1H3,(H,18,19)/t10-/m0/s1. The van der Waals surface area contributed by atoms with Gasteiger partial charge in [0.15, 0.2) is 0 Å². The number of carbonyl (C=O) groups excluding carboxylic acids is 1. The molecule has 22 heavy (non-hydrogen) atoms. The number of hydrogen-bond donors (Lipinski definition) is 1. The Morgan fingerprint density at radius 3 is 2.68 bits per heavy atom. The molecule has 1 atom stereocenters. The molecule has 0 saturated carbocycles. The fourth-order valence-corrected chi connectivity index (χ4v) is 3.23. The van der Waals surface area contributed by atoms with Gasteiger partial charge in [-0.2, -0.15) is 0 Å². The van der Waals surface area contributed by atoms with Crippen molar-refractivity contribution in [3.63, 3.8) is 0 Å². The van der Waals surface area contributed by atoms with Gasteiger partial charge in [-0.1, -0.05) is 0 Å². The second-order valence-corrected chi connectivity index (χ2v) is 6.09. The predicted molar refractivity (Wildman–Crippen MR) is 79.3 cm³/mol. The van der Waals surface area contributed by atoms with Gasteiger partial charge in [0.2, 0.25) is 0 Å². The first-order valence-electron chi connectivity index (χ1n) is 6.84. The number of hydrogen-bond acceptors (Lipinski definition) is 5. The molecule has 0 unspecified atom stereocenters. The van der Waals surface area contributed by atoms with Crippen LogP contribution in [0.2, 0.25) is 0 Å². The molecule has 3 rings (SSSR count). The highest BCUT2D eigenvalue weighted by molar-refractivity contribution is 7.15. The molecule has 0 bridgehead atoms. The maximum absolute atomic E-state index is 12.7. The SMILES string of the molecule is Cc1ccc([C@@H]2COCCN2C(=O)c2ccc(C(=O)O)s2)o1. The van der Waals surface area contributed by atoms with Crippen molar-refractivity contribution in [2.24, 2.45) is 0 Å². The van der Waals surface area contributed by atoms with Crippen LogP contribution in [0.5, 0.6) is 0 Å². The number of ether oxygens (including phenoxy) is 1. The second-order valence-electron chi connectivity index (χ2n) is 5.01. The summed E-state index contributed by atoms with van der Waals surface area (Å²) in [4.78, 5) is 25.9. The summed E-state index contributed by atoms with van der Waals surface area (Å²) >= 11 is 0.983. The number of morpholine rings is 1. The molecule has 2 aromatic rings. The average Bonchev–Trinajstić information content (AvgIpc) is 3.15. The van der Waals surface area contributed by atoms with E-state index >= 15 is 0 Å². The van der Waals surface area contributed by atoms with Gasteiger partial charge in [0.1, 0.15) is 22.4 Å². The number of carboxylic acid groups (broad SMARTS) is 1. The van der Waals surface area contributed by atoms with E-state index in [1.54, 1.807) is 11.0 Å². The van der Waals surface area contributed by atoms with Crippen LogP contribution in [0.4, 0.5) is 0 Å². The molecule has 1 aliphatic heterocycles. The molecule has 1 fully saturated rings. The lowest BCUT2D eigenvalue weighted by atomic mass is 10.1. The zero-order valence-electron chi connectivity index (χ0n) is 11.9. The normalized spacial score (nSPS) is 18.4. The molecule has 7 heteroatoms. The van der Waals surface area contributed by atoms with E-state index in [1.807, 2.05) is 19.1 Å². The molecule has 0 radical (unpaired) electrons. The van der Waals surface area contributed by atoms with Crippen LogP contribution in [-0.4, -0.2) is 41.6 Å². The summed E-state index contributed by atoms with van der Waals surface area (Å²) in [5.41, 5.74) is 0. The van der Waals surface area contributed by atoms with Crippen LogP contribution in [0.1, 0.15) is 36.9 Å². The quantitative estimate of drug-likeness (QED) is 0.940. The van der Waals surface area contributed by atoms with Gasteiger partial charge in [-0.15, -0.1) is 11.3 Å². The summed E-state index contributed by atoms with van der Waals surface area (Å²) in [5.74, 6) is 0.238. The third kappa shape index (κ3) is 2.77. The van der Waals surface area contributed by atoms with Crippen LogP contribution in [-0.2, 0) is 4.74 Å². The zero-order chi connectivity index (χ0) is 15.7. The zero-order valence-corrected chi connectivity index (χ0v) is 12.8. The maximum Gasteiger partial charge on any atom is 0.345 e. The number of rotatable bonds is 3. The number of aromatic carboxylic acids is 1. The summed E-state index contributed by atoms with van der Waals surface area (Å²) in [6.45, 7) is 3.12. The molecule has 6 nitrogen and oxygen atoms in total. The van der Waals surface area contributed by atoms with E-state index in [2.05, 4.69) is 0 Å². The molecule has 1 amide bonds. The minimum atomic E-state index is -1.02. The van der Waals surface area contributed by atoms with Crippen molar-refractivity contribution < 1.29 is 23.8 Å². The molecule has 1 aliphatic rings. The number of furan rings is 1. The first-order chi connectivity index (χ1) is 10.6. The highest BCUT2D eigenvalue weighted by Crippen LogP contribution is 2.29. The number of thiophene rings is 1. The molecule has 0 aromatic carbocycles. The summed E-state index contributed by atoms with van der Waals surface area (Å²) in [6.07, 6.45) is 0. The lowest BCUT2D eigenvalue weighted by molar-refractivity contribution is -0.00869. The smallest absolute Gasteiger partial charge is 0.345 e. The number of carboxylic acids is 1. The van der Waals surface area contributed by atoms with Crippen molar-refractivity contribution in [2.45, 2.75) is 13.0 Å². The van der Waals surface area contributed by atoms with E-state index in [1.165, 1.54) is 6.07 Å². The Balaban J connectivity index is 1.86. The van der Waals surface area contributed by atoms with Crippen molar-refractivity contribution >= 4 is 23.2 Å². The van der Waals surface area contributed by atoms with Crippen LogP contribution in [0, 0.1) is 6.92 Å². The van der Waals surface area contributed by atoms with Crippen molar-refractivity contribution in [2.75, 3.05) is 19.8 Å². The van der Waals surface area contributed by atoms with Gasteiger partial charge in [0.25, 0.3) is 5.91 Å². The van der Waals surface area contributed by atoms with Crippen molar-refractivity contribution in [3.8, 4) is 0 Å². The van der Waals surface area contributed by atoms with Crippen LogP contribution in [0.3, 0.4) is 0 Å². The molecule has 2 aromatic heterocycles. The molecular weight excluding hydrogens is 306 g/mol. The minimum Gasteiger partial charge on any atom is -0.477 e. The number of nitrogens with zero attached hydrogens (tertiary/aromatic N) is 1. The Hall–Kier alpha value is -2.12. The fourth-order valence-electron chi connectivity index (χ4n) is 2.42. The first kappa shape index (κ1) is 14.8. The Bertz CT molecular complexity index is 704. The van der Waals surface area contributed by atoms with Crippen molar-refractivity contribution in [1.82, 2.24) is 4.90 Å². The summed E-state index contributed by atoms with van der Waals surface area (Å²) < 4.78 is 11.1. The number of amides is 1. The molecule has 116 valence electrons. The number of carbonyl (C=O) groups is 2. The Kier molecular flexibility index (Phi) is 4.00. The highest BCUT2D eigenvalue weighted by atomic mass is 32.1. The third-order valence-corrected chi connectivity index (χ3v) is 4.57. The largest absolute Gasteiger partial charge is 0.477 e. The third-order valence-electron chi connectivity index (χ3n) is 3.51. The lowest BCUT2D eigenvalue weighted by Gasteiger charge is -2.34. The summed E-state index contributed by atoms with van der Waals surface area (Å²) in [7, 11) is 0. The van der Waals surface area contributed by atoms with E-state index in [9.17, 15) is 9.59 Å². The van der Waals surface area contributed by atoms with Gasteiger partial charge in [0.05, 0.1) is 18.1 Å². The molecular formula is C15H15NO5S. The van der Waals surface area contributed by atoms with Crippen LogP contribution < -0.4 is 0 Å². The van der Waals surface area contributed by atoms with Gasteiger partial charge < -0.3 is 19.2 Å². The van der Waals surface area contributed by atoms with Crippen molar-refractivity contribution in [3.05, 3.63) is 45.5 Å². The van der Waals surface area contributed by atoms with E-state index in [-0.39, 0.29) is 16.8 Å². The fraction of sp³-hybridized carbons (Fsp3) is 0.333. The Labute approximate surface area is 130 Å². The van der Waals surface area contributed by atoms with Crippen molar-refractivity contribution in [1.29, 1.82) is 0 Å². The van der Waals surface area contributed by atoms with E-state index in [0.717, 1.165) is 17.1 Å².